The molecular formula is C27H35N5O4. The fraction of sp³-hybridized carbons (Fsp3) is 0.481. The number of nitrogens with zero attached hydrogens (tertiary/aromatic N) is 5. The van der Waals surface area contributed by atoms with Gasteiger partial charge in [-0.15, -0.1) is 5.10 Å². The van der Waals surface area contributed by atoms with Crippen LogP contribution in [0.4, 0.5) is 0 Å². The van der Waals surface area contributed by atoms with Crippen LogP contribution in [0.25, 0.3) is 0 Å². The summed E-state index contributed by atoms with van der Waals surface area (Å²) < 4.78 is 14.0. The van der Waals surface area contributed by atoms with Gasteiger partial charge in [0.25, 0.3) is 0 Å². The van der Waals surface area contributed by atoms with Crippen LogP contribution in [0, 0.1) is 12.3 Å². The molecule has 3 aromatic rings. The van der Waals surface area contributed by atoms with Crippen LogP contribution in [0.2, 0.25) is 0 Å². The maximum absolute atomic E-state index is 12.2. The van der Waals surface area contributed by atoms with Crippen molar-refractivity contribution in [3.8, 4) is 5.75 Å². The molecule has 3 heterocycles. The molecule has 192 valence electrons. The third kappa shape index (κ3) is 5.74. The van der Waals surface area contributed by atoms with Crippen LogP contribution in [0.1, 0.15) is 61.4 Å². The summed E-state index contributed by atoms with van der Waals surface area (Å²) >= 11 is 0. The molecule has 2 atom stereocenters. The molecule has 0 radical (unpaired) electrons. The second kappa shape index (κ2) is 10.8. The Hall–Kier alpha value is -3.30. The maximum atomic E-state index is 12.2. The van der Waals surface area contributed by atoms with Gasteiger partial charge in [0.15, 0.2) is 0 Å². The maximum Gasteiger partial charge on any atom is 0.312 e. The first kappa shape index (κ1) is 25.8. The molecule has 1 aromatic carbocycles. The Labute approximate surface area is 212 Å². The monoisotopic (exact) mass is 493 g/mol. The van der Waals surface area contributed by atoms with Crippen molar-refractivity contribution in [2.75, 3.05) is 6.54 Å². The minimum atomic E-state index is -1.15. The Morgan fingerprint density at radius 3 is 2.83 bits per heavy atom. The van der Waals surface area contributed by atoms with Crippen molar-refractivity contribution in [1.82, 2.24) is 24.9 Å². The summed E-state index contributed by atoms with van der Waals surface area (Å²) in [6.07, 6.45) is 3.87. The Balaban J connectivity index is 1.61. The summed E-state index contributed by atoms with van der Waals surface area (Å²) in [5.41, 5.74) is 3.51. The topological polar surface area (TPSA) is 103 Å². The molecular weight excluding hydrogens is 458 g/mol. The molecule has 9 heteroatoms. The van der Waals surface area contributed by atoms with Crippen LogP contribution in [-0.2, 0) is 36.3 Å². The highest BCUT2D eigenvalue weighted by atomic mass is 16.5. The van der Waals surface area contributed by atoms with Gasteiger partial charge in [0.05, 0.1) is 30.0 Å². The molecule has 0 saturated heterocycles. The molecule has 0 amide bonds. The van der Waals surface area contributed by atoms with Gasteiger partial charge in [-0.3, -0.25) is 19.4 Å². The molecule has 4 rings (SSSR count). The van der Waals surface area contributed by atoms with E-state index in [2.05, 4.69) is 40.1 Å². The largest absolute Gasteiger partial charge is 0.487 e. The highest BCUT2D eigenvalue weighted by Crippen LogP contribution is 2.38. The number of rotatable bonds is 9. The summed E-state index contributed by atoms with van der Waals surface area (Å²) in [5.74, 6) is -0.0788. The summed E-state index contributed by atoms with van der Waals surface area (Å²) in [6.45, 7) is 9.92. The van der Waals surface area contributed by atoms with Crippen molar-refractivity contribution >= 4 is 5.97 Å². The van der Waals surface area contributed by atoms with Crippen LogP contribution in [0.5, 0.6) is 5.75 Å². The third-order valence-electron chi connectivity index (χ3n) is 6.76. The van der Waals surface area contributed by atoms with E-state index in [1.54, 1.807) is 38.0 Å². The fourth-order valence-electron chi connectivity index (χ4n) is 4.49. The lowest BCUT2D eigenvalue weighted by atomic mass is 9.81. The van der Waals surface area contributed by atoms with Crippen molar-refractivity contribution in [1.29, 1.82) is 0 Å². The molecule has 0 fully saturated rings. The number of fused-ring (bicyclic) bond motifs is 1. The van der Waals surface area contributed by atoms with E-state index in [0.29, 0.717) is 18.8 Å². The van der Waals surface area contributed by atoms with E-state index in [1.807, 2.05) is 24.3 Å². The van der Waals surface area contributed by atoms with Crippen LogP contribution < -0.4 is 4.74 Å². The van der Waals surface area contributed by atoms with Gasteiger partial charge in [0, 0.05) is 32.9 Å². The van der Waals surface area contributed by atoms with Crippen molar-refractivity contribution in [2.45, 2.75) is 66.0 Å². The Morgan fingerprint density at radius 2 is 2.14 bits per heavy atom. The van der Waals surface area contributed by atoms with Crippen LogP contribution in [-0.4, -0.2) is 48.6 Å². The van der Waals surface area contributed by atoms with E-state index in [9.17, 15) is 9.90 Å². The molecule has 0 bridgehead atoms. The highest BCUT2D eigenvalue weighted by Gasteiger charge is 2.39. The molecule has 1 N–H and O–H groups in total. The molecule has 1 aliphatic rings. The molecule has 9 nitrogen and oxygen atoms in total. The Morgan fingerprint density at radius 1 is 1.33 bits per heavy atom. The van der Waals surface area contributed by atoms with Crippen LogP contribution >= 0.6 is 0 Å². The first-order chi connectivity index (χ1) is 17.2. The number of benzene rings is 1. The van der Waals surface area contributed by atoms with Gasteiger partial charge in [-0.25, -0.2) is 0 Å². The minimum absolute atomic E-state index is 0.0768. The second-order valence-corrected chi connectivity index (χ2v) is 10.1. The number of aliphatic carboxylic acids is 1. The van der Waals surface area contributed by atoms with E-state index in [4.69, 9.17) is 9.47 Å². The van der Waals surface area contributed by atoms with E-state index in [-0.39, 0.29) is 12.7 Å². The second-order valence-electron chi connectivity index (χ2n) is 10.1. The molecule has 0 aliphatic carbocycles. The molecule has 0 spiro atoms. The Kier molecular flexibility index (Phi) is 7.70. The fourth-order valence-corrected chi connectivity index (χ4v) is 4.49. The van der Waals surface area contributed by atoms with Crippen molar-refractivity contribution < 1.29 is 19.4 Å². The SMILES string of the molecule is CC[C@@H]1CN(Cc2cc(C(OCc3cn(C)nn3)C(C)(C)C(=O)O)ccc2C)Cc2ncccc2O1. The first-order valence-corrected chi connectivity index (χ1v) is 12.3. The van der Waals surface area contributed by atoms with E-state index in [0.717, 1.165) is 41.1 Å². The molecule has 2 aromatic heterocycles. The zero-order chi connectivity index (χ0) is 25.9. The Bertz CT molecular complexity index is 1210. The van der Waals surface area contributed by atoms with Crippen LogP contribution in [0.3, 0.4) is 0 Å². The minimum Gasteiger partial charge on any atom is -0.487 e. The van der Waals surface area contributed by atoms with Gasteiger partial charge in [-0.2, -0.15) is 0 Å². The van der Waals surface area contributed by atoms with Crippen LogP contribution in [0.15, 0.2) is 42.7 Å². The number of pyridine rings is 1. The lowest BCUT2D eigenvalue weighted by Gasteiger charge is -2.31. The summed E-state index contributed by atoms with van der Waals surface area (Å²) in [4.78, 5) is 19.1. The standard InChI is InChI=1S/C27H35N5O4/c1-6-22-15-32(16-23-24(36-22)8-7-11-28-23)13-20-12-19(10-9-18(20)2)25(27(3,4)26(33)34)35-17-21-14-31(5)30-29-21/h7-12,14,22,25H,6,13,15-17H2,1-5H3,(H,33,34)/t22-,25?/m1/s1. The van der Waals surface area contributed by atoms with Crippen molar-refractivity contribution in [3.05, 3.63) is 70.8 Å². The zero-order valence-electron chi connectivity index (χ0n) is 21.6. The lowest BCUT2D eigenvalue weighted by Crippen LogP contribution is -2.34. The number of carbonyl (C=O) groups is 1. The summed E-state index contributed by atoms with van der Waals surface area (Å²) in [5, 5.41) is 18.0. The van der Waals surface area contributed by atoms with Crippen molar-refractivity contribution in [2.24, 2.45) is 12.5 Å². The first-order valence-electron chi connectivity index (χ1n) is 12.3. The lowest BCUT2D eigenvalue weighted by molar-refractivity contribution is -0.158. The van der Waals surface area contributed by atoms with Gasteiger partial charge in [-0.05, 0) is 56.0 Å². The summed E-state index contributed by atoms with van der Waals surface area (Å²) in [6, 6.07) is 9.96. The molecule has 1 unspecified atom stereocenters. The predicted molar refractivity (Wildman–Crippen MR) is 134 cm³/mol. The average molecular weight is 494 g/mol. The molecule has 1 aliphatic heterocycles. The van der Waals surface area contributed by atoms with Gasteiger partial charge < -0.3 is 14.6 Å². The summed E-state index contributed by atoms with van der Waals surface area (Å²) in [7, 11) is 1.78. The number of aryl methyl sites for hydroxylation is 2. The normalized spacial score (nSPS) is 17.2. The number of ether oxygens (including phenoxy) is 2. The van der Waals surface area contributed by atoms with Gasteiger partial charge >= 0.3 is 5.97 Å². The predicted octanol–water partition coefficient (Wildman–Crippen LogP) is 4.06. The van der Waals surface area contributed by atoms with Gasteiger partial charge in [0.2, 0.25) is 0 Å². The van der Waals surface area contributed by atoms with E-state index in [1.165, 1.54) is 0 Å². The number of carboxylic acid groups (broad SMARTS) is 1. The van der Waals surface area contributed by atoms with Gasteiger partial charge in [0.1, 0.15) is 17.5 Å². The van der Waals surface area contributed by atoms with E-state index >= 15 is 0 Å². The van der Waals surface area contributed by atoms with Gasteiger partial charge in [-0.1, -0.05) is 30.3 Å². The number of hydrogen-bond acceptors (Lipinski definition) is 7. The zero-order valence-corrected chi connectivity index (χ0v) is 21.6. The number of aromatic nitrogens is 4. The third-order valence-corrected chi connectivity index (χ3v) is 6.76. The quantitative estimate of drug-likeness (QED) is 0.476. The molecule has 36 heavy (non-hydrogen) atoms. The van der Waals surface area contributed by atoms with Crippen molar-refractivity contribution in [3.63, 3.8) is 0 Å². The molecule has 0 saturated carbocycles. The number of carboxylic acids is 1. The smallest absolute Gasteiger partial charge is 0.312 e. The number of hydrogen-bond donors (Lipinski definition) is 1. The van der Waals surface area contributed by atoms with E-state index < -0.39 is 17.5 Å². The highest BCUT2D eigenvalue weighted by molar-refractivity contribution is 5.74. The average Bonchev–Trinajstić information content (AvgIpc) is 3.16.